The van der Waals surface area contributed by atoms with Crippen molar-refractivity contribution in [2.75, 3.05) is 27.2 Å². The first-order chi connectivity index (χ1) is 12.3. The first-order valence-electron chi connectivity index (χ1n) is 9.37. The van der Waals surface area contributed by atoms with Crippen LogP contribution in [0.25, 0.3) is 0 Å². The quantitative estimate of drug-likeness (QED) is 0.537. The molecule has 1 aliphatic rings. The summed E-state index contributed by atoms with van der Waals surface area (Å²) < 4.78 is 26.3. The van der Waals surface area contributed by atoms with Crippen LogP contribution in [0, 0.1) is 5.41 Å². The zero-order chi connectivity index (χ0) is 19.2. The minimum atomic E-state index is -3.48. The van der Waals surface area contributed by atoms with E-state index in [0.29, 0.717) is 22.4 Å². The van der Waals surface area contributed by atoms with Gasteiger partial charge in [0.15, 0.2) is 5.96 Å². The summed E-state index contributed by atoms with van der Waals surface area (Å²) in [6.07, 6.45) is 5.00. The average Bonchev–Trinajstić information content (AvgIpc) is 2.59. The van der Waals surface area contributed by atoms with Crippen LogP contribution in [-0.4, -0.2) is 45.9 Å². The van der Waals surface area contributed by atoms with Crippen molar-refractivity contribution < 1.29 is 8.42 Å². The lowest BCUT2D eigenvalue weighted by atomic mass is 9.67. The topological polar surface area (TPSA) is 73.8 Å². The molecule has 6 nitrogen and oxygen atoms in total. The lowest BCUT2D eigenvalue weighted by Crippen LogP contribution is -2.46. The summed E-state index contributed by atoms with van der Waals surface area (Å²) in [6.45, 7) is 6.27. The Kier molecular flexibility index (Phi) is 7.06. The molecule has 0 unspecified atom stereocenters. The summed E-state index contributed by atoms with van der Waals surface area (Å²) in [5.41, 5.74) is 1.09. The van der Waals surface area contributed by atoms with Crippen LogP contribution in [0.15, 0.2) is 34.2 Å². The zero-order valence-corrected chi connectivity index (χ0v) is 17.2. The maximum Gasteiger partial charge on any atom is 0.242 e. The van der Waals surface area contributed by atoms with Crippen molar-refractivity contribution in [2.24, 2.45) is 10.4 Å². The molecule has 26 heavy (non-hydrogen) atoms. The maximum absolute atomic E-state index is 12.5. The molecule has 2 N–H and O–H groups in total. The van der Waals surface area contributed by atoms with Crippen LogP contribution in [0.1, 0.15) is 45.1 Å². The van der Waals surface area contributed by atoms with E-state index >= 15 is 0 Å². The second-order valence-corrected chi connectivity index (χ2v) is 9.27. The van der Waals surface area contributed by atoms with Gasteiger partial charge in [-0.25, -0.2) is 17.7 Å². The van der Waals surface area contributed by atoms with Gasteiger partial charge in [0.25, 0.3) is 0 Å². The zero-order valence-electron chi connectivity index (χ0n) is 16.4. The van der Waals surface area contributed by atoms with E-state index in [2.05, 4.69) is 22.5 Å². The number of rotatable bonds is 8. The highest BCUT2D eigenvalue weighted by atomic mass is 32.2. The van der Waals surface area contributed by atoms with E-state index < -0.39 is 10.0 Å². The predicted octanol–water partition coefficient (Wildman–Crippen LogP) is 2.57. The normalized spacial score (nSPS) is 17.0. The molecule has 2 rings (SSSR count). The second kappa shape index (κ2) is 8.86. The van der Waals surface area contributed by atoms with Gasteiger partial charge < -0.3 is 10.6 Å². The van der Waals surface area contributed by atoms with E-state index in [4.69, 9.17) is 0 Å². The smallest absolute Gasteiger partial charge is 0.242 e. The monoisotopic (exact) mass is 380 g/mol. The SMILES string of the molecule is CCNC(=NCc1ccccc1S(=O)(=O)N(C)C)NCC1(CC)CCC1. The first-order valence-corrected chi connectivity index (χ1v) is 10.8. The summed E-state index contributed by atoms with van der Waals surface area (Å²) in [5, 5.41) is 6.70. The van der Waals surface area contributed by atoms with Crippen LogP contribution in [0.5, 0.6) is 0 Å². The molecule has 0 atom stereocenters. The van der Waals surface area contributed by atoms with Gasteiger partial charge >= 0.3 is 0 Å². The van der Waals surface area contributed by atoms with Crippen molar-refractivity contribution in [1.82, 2.24) is 14.9 Å². The van der Waals surface area contributed by atoms with Gasteiger partial charge in [-0.15, -0.1) is 0 Å². The number of nitrogens with zero attached hydrogens (tertiary/aromatic N) is 2. The van der Waals surface area contributed by atoms with Crippen LogP contribution in [0.2, 0.25) is 0 Å². The number of sulfonamides is 1. The highest BCUT2D eigenvalue weighted by Gasteiger charge is 2.34. The fraction of sp³-hybridized carbons (Fsp3) is 0.632. The van der Waals surface area contributed by atoms with Crippen molar-refractivity contribution in [3.8, 4) is 0 Å². The minimum absolute atomic E-state index is 0.314. The number of hydrogen-bond acceptors (Lipinski definition) is 3. The molecule has 1 aliphatic carbocycles. The Morgan fingerprint density at radius 2 is 1.88 bits per heavy atom. The summed E-state index contributed by atoms with van der Waals surface area (Å²) in [7, 11) is -0.388. The molecule has 0 spiro atoms. The molecule has 1 saturated carbocycles. The molecule has 146 valence electrons. The lowest BCUT2D eigenvalue weighted by molar-refractivity contribution is 0.131. The van der Waals surface area contributed by atoms with E-state index in [0.717, 1.165) is 19.0 Å². The van der Waals surface area contributed by atoms with Gasteiger partial charge in [-0.3, -0.25) is 0 Å². The molecule has 0 radical (unpaired) electrons. The van der Waals surface area contributed by atoms with Gasteiger partial charge in [0.2, 0.25) is 10.0 Å². The van der Waals surface area contributed by atoms with E-state index in [1.807, 2.05) is 19.1 Å². The van der Waals surface area contributed by atoms with E-state index in [9.17, 15) is 8.42 Å². The van der Waals surface area contributed by atoms with Crippen molar-refractivity contribution in [3.05, 3.63) is 29.8 Å². The Hall–Kier alpha value is -1.60. The van der Waals surface area contributed by atoms with Crippen LogP contribution in [0.4, 0.5) is 0 Å². The molecular formula is C19H32N4O2S. The fourth-order valence-electron chi connectivity index (χ4n) is 3.19. The molecule has 0 bridgehead atoms. The van der Waals surface area contributed by atoms with Gasteiger partial charge in [0.05, 0.1) is 11.4 Å². The number of nitrogens with one attached hydrogen (secondary N) is 2. The molecule has 0 saturated heterocycles. The maximum atomic E-state index is 12.5. The van der Waals surface area contributed by atoms with E-state index in [1.54, 1.807) is 26.2 Å². The molecule has 0 aliphatic heterocycles. The van der Waals surface area contributed by atoms with Gasteiger partial charge in [0, 0.05) is 27.2 Å². The van der Waals surface area contributed by atoms with Gasteiger partial charge in [0.1, 0.15) is 0 Å². The van der Waals surface area contributed by atoms with Crippen LogP contribution >= 0.6 is 0 Å². The lowest BCUT2D eigenvalue weighted by Gasteiger charge is -2.41. The van der Waals surface area contributed by atoms with Gasteiger partial charge in [-0.05, 0) is 43.2 Å². The highest BCUT2D eigenvalue weighted by molar-refractivity contribution is 7.89. The molecular weight excluding hydrogens is 348 g/mol. The third-order valence-corrected chi connectivity index (χ3v) is 7.19. The summed E-state index contributed by atoms with van der Waals surface area (Å²) in [5.74, 6) is 0.740. The third kappa shape index (κ3) is 4.76. The summed E-state index contributed by atoms with van der Waals surface area (Å²) >= 11 is 0. The molecule has 0 aromatic heterocycles. The summed E-state index contributed by atoms with van der Waals surface area (Å²) in [4.78, 5) is 4.94. The molecule has 1 fully saturated rings. The van der Waals surface area contributed by atoms with E-state index in [1.165, 1.54) is 30.0 Å². The van der Waals surface area contributed by atoms with Crippen LogP contribution in [0.3, 0.4) is 0 Å². The second-order valence-electron chi connectivity index (χ2n) is 7.15. The highest BCUT2D eigenvalue weighted by Crippen LogP contribution is 2.42. The Balaban J connectivity index is 2.15. The summed E-state index contributed by atoms with van der Waals surface area (Å²) in [6, 6.07) is 7.05. The van der Waals surface area contributed by atoms with Gasteiger partial charge in [-0.1, -0.05) is 31.5 Å². The fourth-order valence-corrected chi connectivity index (χ4v) is 4.30. The average molecular weight is 381 g/mol. The van der Waals surface area contributed by atoms with E-state index in [-0.39, 0.29) is 0 Å². The Labute approximate surface area is 158 Å². The Morgan fingerprint density at radius 3 is 2.42 bits per heavy atom. The minimum Gasteiger partial charge on any atom is -0.357 e. The Bertz CT molecular complexity index is 719. The van der Waals surface area contributed by atoms with Crippen molar-refractivity contribution in [3.63, 3.8) is 0 Å². The molecule has 1 aromatic carbocycles. The van der Waals surface area contributed by atoms with Crippen molar-refractivity contribution in [2.45, 2.75) is 51.0 Å². The first kappa shape index (κ1) is 20.7. The van der Waals surface area contributed by atoms with Crippen molar-refractivity contribution in [1.29, 1.82) is 0 Å². The van der Waals surface area contributed by atoms with Gasteiger partial charge in [-0.2, -0.15) is 0 Å². The van der Waals surface area contributed by atoms with Crippen molar-refractivity contribution >= 4 is 16.0 Å². The van der Waals surface area contributed by atoms with Crippen LogP contribution < -0.4 is 10.6 Å². The molecule has 7 heteroatoms. The molecule has 0 amide bonds. The number of guanidine groups is 1. The van der Waals surface area contributed by atoms with Crippen LogP contribution in [-0.2, 0) is 16.6 Å². The predicted molar refractivity (Wildman–Crippen MR) is 107 cm³/mol. The molecule has 0 heterocycles. The number of benzene rings is 1. The Morgan fingerprint density at radius 1 is 1.19 bits per heavy atom. The number of aliphatic imine (C=N–C) groups is 1. The standard InChI is InChI=1S/C19H32N4O2S/c1-5-19(12-9-13-19)15-22-18(20-6-2)21-14-16-10-7-8-11-17(16)26(24,25)23(3)4/h7-8,10-11H,5-6,9,12-15H2,1-4H3,(H2,20,21,22). The molecule has 1 aromatic rings. The number of hydrogen-bond donors (Lipinski definition) is 2. The largest absolute Gasteiger partial charge is 0.357 e. The third-order valence-electron chi connectivity index (χ3n) is 5.28.